The van der Waals surface area contributed by atoms with Gasteiger partial charge in [0.05, 0.1) is 5.69 Å². The third kappa shape index (κ3) is 2.20. The van der Waals surface area contributed by atoms with E-state index in [4.69, 9.17) is 10.5 Å². The lowest BCUT2D eigenvalue weighted by molar-refractivity contribution is -0.138. The summed E-state index contributed by atoms with van der Waals surface area (Å²) in [5.41, 5.74) is 7.16. The molecule has 0 bridgehead atoms. The SMILES string of the molecule is CC(N)c1ccccc1N1C(=O)COCC1=O. The molecule has 1 aromatic rings. The lowest BCUT2D eigenvalue weighted by Gasteiger charge is -2.27. The highest BCUT2D eigenvalue weighted by atomic mass is 16.5. The maximum Gasteiger partial charge on any atom is 0.259 e. The Hall–Kier alpha value is -1.72. The van der Waals surface area contributed by atoms with Crippen LogP contribution in [0, 0.1) is 0 Å². The van der Waals surface area contributed by atoms with Crippen molar-refractivity contribution in [3.63, 3.8) is 0 Å². The molecule has 17 heavy (non-hydrogen) atoms. The van der Waals surface area contributed by atoms with Gasteiger partial charge in [-0.2, -0.15) is 0 Å². The predicted octanol–water partition coefficient (Wildman–Crippen LogP) is 0.596. The van der Waals surface area contributed by atoms with Crippen LogP contribution in [0.15, 0.2) is 24.3 Å². The lowest BCUT2D eigenvalue weighted by Crippen LogP contribution is -2.47. The first-order valence-electron chi connectivity index (χ1n) is 5.39. The normalized spacial score (nSPS) is 18.4. The largest absolute Gasteiger partial charge is 0.362 e. The van der Waals surface area contributed by atoms with Crippen LogP contribution in [-0.4, -0.2) is 25.0 Å². The van der Waals surface area contributed by atoms with Crippen molar-refractivity contribution in [1.82, 2.24) is 0 Å². The first-order valence-corrected chi connectivity index (χ1v) is 5.39. The van der Waals surface area contributed by atoms with Gasteiger partial charge in [-0.1, -0.05) is 18.2 Å². The van der Waals surface area contributed by atoms with Crippen LogP contribution < -0.4 is 10.6 Å². The summed E-state index contributed by atoms with van der Waals surface area (Å²) < 4.78 is 4.87. The number of nitrogens with two attached hydrogens (primary N) is 1. The third-order valence-corrected chi connectivity index (χ3v) is 2.62. The van der Waals surface area contributed by atoms with Crippen LogP contribution in [0.2, 0.25) is 0 Å². The maximum atomic E-state index is 11.7. The highest BCUT2D eigenvalue weighted by Crippen LogP contribution is 2.26. The molecule has 2 N–H and O–H groups in total. The molecule has 1 heterocycles. The summed E-state index contributed by atoms with van der Waals surface area (Å²) in [5, 5.41) is 0. The van der Waals surface area contributed by atoms with Gasteiger partial charge < -0.3 is 10.5 Å². The lowest BCUT2D eigenvalue weighted by atomic mass is 10.1. The maximum absolute atomic E-state index is 11.7. The first-order chi connectivity index (χ1) is 8.11. The number of hydrogen-bond acceptors (Lipinski definition) is 4. The van der Waals surface area contributed by atoms with Gasteiger partial charge >= 0.3 is 0 Å². The van der Waals surface area contributed by atoms with Crippen molar-refractivity contribution < 1.29 is 14.3 Å². The zero-order valence-corrected chi connectivity index (χ0v) is 9.55. The Kier molecular flexibility index (Phi) is 3.21. The molecule has 1 aromatic carbocycles. The van der Waals surface area contributed by atoms with E-state index in [1.165, 1.54) is 0 Å². The number of nitrogens with zero attached hydrogens (tertiary/aromatic N) is 1. The standard InChI is InChI=1S/C12H14N2O3/c1-8(13)9-4-2-3-5-10(9)14-11(15)6-17-7-12(14)16/h2-5,8H,6-7,13H2,1H3. The number of ether oxygens (including phenoxy) is 1. The summed E-state index contributed by atoms with van der Waals surface area (Å²) in [5.74, 6) is -0.705. The number of amides is 2. The molecule has 1 saturated heterocycles. The monoisotopic (exact) mass is 234 g/mol. The van der Waals surface area contributed by atoms with E-state index in [1.807, 2.05) is 19.1 Å². The number of morpholine rings is 1. The Morgan fingerprint density at radius 3 is 2.41 bits per heavy atom. The number of rotatable bonds is 2. The Labute approximate surface area is 99.2 Å². The van der Waals surface area contributed by atoms with Crippen molar-refractivity contribution in [3.8, 4) is 0 Å². The van der Waals surface area contributed by atoms with Gasteiger partial charge in [-0.3, -0.25) is 9.59 Å². The number of anilines is 1. The molecule has 5 heteroatoms. The molecule has 0 spiro atoms. The third-order valence-electron chi connectivity index (χ3n) is 2.62. The summed E-state index contributed by atoms with van der Waals surface area (Å²) in [6.45, 7) is 1.67. The minimum absolute atomic E-state index is 0.0704. The van der Waals surface area contributed by atoms with Gasteiger partial charge in [0, 0.05) is 6.04 Å². The number of hydrogen-bond donors (Lipinski definition) is 1. The minimum atomic E-state index is -0.352. The molecule has 1 fully saturated rings. The molecule has 1 aliphatic rings. The topological polar surface area (TPSA) is 72.6 Å². The van der Waals surface area contributed by atoms with Crippen LogP contribution in [0.1, 0.15) is 18.5 Å². The van der Waals surface area contributed by atoms with Crippen LogP contribution >= 0.6 is 0 Å². The average molecular weight is 234 g/mol. The van der Waals surface area contributed by atoms with Crippen LogP contribution in [0.4, 0.5) is 5.69 Å². The highest BCUT2D eigenvalue weighted by molar-refractivity contribution is 6.17. The van der Waals surface area contributed by atoms with E-state index in [9.17, 15) is 9.59 Å². The molecule has 0 radical (unpaired) electrons. The van der Waals surface area contributed by atoms with Gasteiger partial charge in [0.2, 0.25) is 0 Å². The van der Waals surface area contributed by atoms with Crippen LogP contribution in [0.25, 0.3) is 0 Å². The van der Waals surface area contributed by atoms with Crippen LogP contribution in [0.5, 0.6) is 0 Å². The van der Waals surface area contributed by atoms with Crippen molar-refractivity contribution in [2.75, 3.05) is 18.1 Å². The van der Waals surface area contributed by atoms with E-state index in [1.54, 1.807) is 12.1 Å². The highest BCUT2D eigenvalue weighted by Gasteiger charge is 2.29. The number of para-hydroxylation sites is 1. The van der Waals surface area contributed by atoms with E-state index in [0.717, 1.165) is 10.5 Å². The van der Waals surface area contributed by atoms with Crippen molar-refractivity contribution >= 4 is 17.5 Å². The smallest absolute Gasteiger partial charge is 0.259 e. The quantitative estimate of drug-likeness (QED) is 0.760. The Morgan fingerprint density at radius 1 is 1.24 bits per heavy atom. The van der Waals surface area contributed by atoms with E-state index in [0.29, 0.717) is 5.69 Å². The van der Waals surface area contributed by atoms with Crippen molar-refractivity contribution in [2.45, 2.75) is 13.0 Å². The molecule has 1 atom stereocenters. The van der Waals surface area contributed by atoms with Crippen molar-refractivity contribution in [2.24, 2.45) is 5.73 Å². The van der Waals surface area contributed by atoms with Gasteiger partial charge in [-0.05, 0) is 18.6 Å². The van der Waals surface area contributed by atoms with E-state index >= 15 is 0 Å². The fourth-order valence-electron chi connectivity index (χ4n) is 1.84. The zero-order chi connectivity index (χ0) is 12.4. The fraction of sp³-hybridized carbons (Fsp3) is 0.333. The second kappa shape index (κ2) is 4.65. The molecule has 0 aromatic heterocycles. The summed E-state index contributed by atoms with van der Waals surface area (Å²) in [6, 6.07) is 6.90. The van der Waals surface area contributed by atoms with Crippen LogP contribution in [-0.2, 0) is 14.3 Å². The van der Waals surface area contributed by atoms with Crippen molar-refractivity contribution in [3.05, 3.63) is 29.8 Å². The molecule has 0 aliphatic carbocycles. The first kappa shape index (κ1) is 11.8. The Balaban J connectivity index is 2.44. The summed E-state index contributed by atoms with van der Waals surface area (Å²) >= 11 is 0. The molecule has 0 saturated carbocycles. The molecular formula is C12H14N2O3. The number of carbonyl (C=O) groups is 2. The summed E-state index contributed by atoms with van der Waals surface area (Å²) in [6.07, 6.45) is 0. The van der Waals surface area contributed by atoms with Crippen molar-refractivity contribution in [1.29, 1.82) is 0 Å². The molecule has 2 rings (SSSR count). The van der Waals surface area contributed by atoms with Gasteiger partial charge in [-0.15, -0.1) is 0 Å². The van der Waals surface area contributed by atoms with Gasteiger partial charge in [0.15, 0.2) is 0 Å². The number of carbonyl (C=O) groups excluding carboxylic acids is 2. The van der Waals surface area contributed by atoms with Crippen LogP contribution in [0.3, 0.4) is 0 Å². The molecule has 2 amide bonds. The average Bonchev–Trinajstić information content (AvgIpc) is 2.29. The molecule has 90 valence electrons. The second-order valence-electron chi connectivity index (χ2n) is 3.96. The Morgan fingerprint density at radius 2 is 1.82 bits per heavy atom. The molecule has 1 aliphatic heterocycles. The predicted molar refractivity (Wildman–Crippen MR) is 62.4 cm³/mol. The fourth-order valence-corrected chi connectivity index (χ4v) is 1.84. The molecule has 5 nitrogen and oxygen atoms in total. The van der Waals surface area contributed by atoms with Gasteiger partial charge in [-0.25, -0.2) is 4.90 Å². The number of imide groups is 1. The van der Waals surface area contributed by atoms with Gasteiger partial charge in [0.1, 0.15) is 13.2 Å². The second-order valence-corrected chi connectivity index (χ2v) is 3.96. The van der Waals surface area contributed by atoms with E-state index in [-0.39, 0.29) is 31.1 Å². The molecule has 1 unspecified atom stereocenters. The number of benzene rings is 1. The zero-order valence-electron chi connectivity index (χ0n) is 9.55. The summed E-state index contributed by atoms with van der Waals surface area (Å²) in [4.78, 5) is 24.6. The molecular weight excluding hydrogens is 220 g/mol. The minimum Gasteiger partial charge on any atom is -0.362 e. The van der Waals surface area contributed by atoms with E-state index in [2.05, 4.69) is 0 Å². The Bertz CT molecular complexity index is 441. The summed E-state index contributed by atoms with van der Waals surface area (Å²) in [7, 11) is 0. The van der Waals surface area contributed by atoms with E-state index < -0.39 is 0 Å². The van der Waals surface area contributed by atoms with Gasteiger partial charge in [0.25, 0.3) is 11.8 Å².